The Morgan fingerprint density at radius 1 is 1.24 bits per heavy atom. The normalized spacial score (nSPS) is 11.8. The molecule has 0 radical (unpaired) electrons. The molecule has 0 atom stereocenters. The summed E-state index contributed by atoms with van der Waals surface area (Å²) in [6.45, 7) is 2.75. The van der Waals surface area contributed by atoms with Gasteiger partial charge in [0.05, 0.1) is 10.5 Å². The van der Waals surface area contributed by atoms with Crippen LogP contribution in [-0.2, 0) is 6.54 Å². The van der Waals surface area contributed by atoms with Crippen LogP contribution in [0.25, 0.3) is 21.0 Å². The minimum Gasteiger partial charge on any atom is -0.493 e. The Balaban J connectivity index is 1.75. The van der Waals surface area contributed by atoms with Gasteiger partial charge in [-0.2, -0.15) is 0 Å². The third-order valence-electron chi connectivity index (χ3n) is 4.68. The fourth-order valence-electron chi connectivity index (χ4n) is 3.23. The number of carbonyl (C=O) groups is 1. The zero-order valence-electron chi connectivity index (χ0n) is 15.5. The third-order valence-corrected chi connectivity index (χ3v) is 6.83. The van der Waals surface area contributed by atoms with Crippen molar-refractivity contribution in [2.45, 2.75) is 26.3 Å². The van der Waals surface area contributed by atoms with Gasteiger partial charge < -0.3 is 9.67 Å². The van der Waals surface area contributed by atoms with Crippen molar-refractivity contribution < 1.29 is 9.90 Å². The summed E-state index contributed by atoms with van der Waals surface area (Å²) in [5, 5.41) is 20.7. The molecule has 5 nitrogen and oxygen atoms in total. The fraction of sp³-hybridized carbons (Fsp3) is 0.190. The topological polar surface area (TPSA) is 66.9 Å². The van der Waals surface area contributed by atoms with Gasteiger partial charge >= 0.3 is 5.91 Å². The SMILES string of the molecule is CCCCn1c(O)c(N=NC(=O)c2sc3ccccc3c2Cl)c2cc(Br)ccc21. The average molecular weight is 491 g/mol. The first-order valence-electron chi connectivity index (χ1n) is 9.15. The number of carbonyl (C=O) groups excluding carboxylic acids is 1. The Labute approximate surface area is 184 Å². The Hall–Kier alpha value is -2.22. The molecule has 2 heterocycles. The highest BCUT2D eigenvalue weighted by atomic mass is 79.9. The summed E-state index contributed by atoms with van der Waals surface area (Å²) in [6, 6.07) is 13.2. The summed E-state index contributed by atoms with van der Waals surface area (Å²) in [5.74, 6) is -0.523. The number of hydrogen-bond donors (Lipinski definition) is 1. The summed E-state index contributed by atoms with van der Waals surface area (Å²) < 4.78 is 3.57. The van der Waals surface area contributed by atoms with Crippen LogP contribution in [0.15, 0.2) is 57.2 Å². The van der Waals surface area contributed by atoms with Crippen LogP contribution in [0.4, 0.5) is 5.69 Å². The summed E-state index contributed by atoms with van der Waals surface area (Å²) in [6.07, 6.45) is 1.91. The molecular formula is C21H17BrClN3O2S. The van der Waals surface area contributed by atoms with E-state index in [4.69, 9.17) is 11.6 Å². The van der Waals surface area contributed by atoms with Gasteiger partial charge in [0, 0.05) is 26.5 Å². The number of benzene rings is 2. The molecular weight excluding hydrogens is 474 g/mol. The molecule has 0 aliphatic carbocycles. The Kier molecular flexibility index (Phi) is 5.72. The zero-order chi connectivity index (χ0) is 20.5. The third kappa shape index (κ3) is 3.70. The molecule has 0 bridgehead atoms. The van der Waals surface area contributed by atoms with Crippen molar-refractivity contribution in [2.75, 3.05) is 0 Å². The molecule has 1 amide bonds. The lowest BCUT2D eigenvalue weighted by Gasteiger charge is -2.05. The Morgan fingerprint density at radius 2 is 2.03 bits per heavy atom. The van der Waals surface area contributed by atoms with E-state index in [-0.39, 0.29) is 11.6 Å². The van der Waals surface area contributed by atoms with Gasteiger partial charge in [-0.05, 0) is 30.7 Å². The van der Waals surface area contributed by atoms with Crippen molar-refractivity contribution in [1.82, 2.24) is 4.57 Å². The highest BCUT2D eigenvalue weighted by Crippen LogP contribution is 2.41. The molecule has 4 rings (SSSR count). The quantitative estimate of drug-likeness (QED) is 0.291. The van der Waals surface area contributed by atoms with Crippen molar-refractivity contribution >= 4 is 71.5 Å². The molecule has 0 spiro atoms. The number of aryl methyl sites for hydroxylation is 1. The lowest BCUT2D eigenvalue weighted by atomic mass is 10.2. The van der Waals surface area contributed by atoms with E-state index >= 15 is 0 Å². The van der Waals surface area contributed by atoms with E-state index in [1.54, 1.807) is 4.57 Å². The predicted molar refractivity (Wildman–Crippen MR) is 122 cm³/mol. The molecule has 2 aromatic carbocycles. The van der Waals surface area contributed by atoms with Crippen molar-refractivity contribution in [2.24, 2.45) is 10.2 Å². The number of nitrogens with zero attached hydrogens (tertiary/aromatic N) is 3. The molecule has 0 unspecified atom stereocenters. The van der Waals surface area contributed by atoms with Crippen LogP contribution in [-0.4, -0.2) is 15.6 Å². The predicted octanol–water partition coefficient (Wildman–Crippen LogP) is 7.70. The van der Waals surface area contributed by atoms with E-state index in [9.17, 15) is 9.90 Å². The number of azo groups is 1. The second kappa shape index (κ2) is 8.26. The highest BCUT2D eigenvalue weighted by Gasteiger charge is 2.19. The fourth-order valence-corrected chi connectivity index (χ4v) is 4.98. The molecule has 8 heteroatoms. The van der Waals surface area contributed by atoms with Crippen LogP contribution in [0.2, 0.25) is 5.02 Å². The number of unbranched alkanes of at least 4 members (excludes halogenated alkanes) is 1. The van der Waals surface area contributed by atoms with Crippen LogP contribution >= 0.6 is 38.9 Å². The van der Waals surface area contributed by atoms with Gasteiger partial charge in [0.15, 0.2) is 5.69 Å². The van der Waals surface area contributed by atoms with Crippen LogP contribution in [0.1, 0.15) is 29.4 Å². The summed E-state index contributed by atoms with van der Waals surface area (Å²) >= 11 is 11.1. The number of hydrogen-bond acceptors (Lipinski definition) is 4. The number of fused-ring (bicyclic) bond motifs is 2. The van der Waals surface area contributed by atoms with Crippen molar-refractivity contribution in [1.29, 1.82) is 0 Å². The molecule has 29 heavy (non-hydrogen) atoms. The van der Waals surface area contributed by atoms with Gasteiger partial charge in [0.1, 0.15) is 4.88 Å². The first kappa shape index (κ1) is 20.1. The monoisotopic (exact) mass is 489 g/mol. The molecule has 1 N–H and O–H groups in total. The first-order chi connectivity index (χ1) is 14.0. The molecule has 2 aromatic heterocycles. The second-order valence-electron chi connectivity index (χ2n) is 6.59. The van der Waals surface area contributed by atoms with Crippen LogP contribution in [0, 0.1) is 0 Å². The first-order valence-corrected chi connectivity index (χ1v) is 11.1. The van der Waals surface area contributed by atoms with E-state index in [1.807, 2.05) is 42.5 Å². The van der Waals surface area contributed by atoms with Crippen LogP contribution in [0.3, 0.4) is 0 Å². The van der Waals surface area contributed by atoms with E-state index in [0.717, 1.165) is 38.3 Å². The number of rotatable bonds is 5. The maximum absolute atomic E-state index is 12.7. The standard InChI is InChI=1S/C21H17BrClN3O2S/c1-2-3-10-26-15-9-8-12(22)11-14(15)18(21(26)28)24-25-20(27)19-17(23)13-6-4-5-7-16(13)29-19/h4-9,11,28H,2-3,10H2,1H3. The number of thiophene rings is 1. The van der Waals surface area contributed by atoms with Gasteiger partial charge in [0.2, 0.25) is 5.88 Å². The van der Waals surface area contributed by atoms with Gasteiger partial charge in [-0.3, -0.25) is 4.79 Å². The molecule has 0 saturated carbocycles. The van der Waals surface area contributed by atoms with Crippen LogP contribution in [0.5, 0.6) is 5.88 Å². The van der Waals surface area contributed by atoms with Crippen molar-refractivity contribution in [3.8, 4) is 5.88 Å². The van der Waals surface area contributed by atoms with E-state index < -0.39 is 5.91 Å². The lowest BCUT2D eigenvalue weighted by molar-refractivity contribution is 0.0999. The number of amides is 1. The zero-order valence-corrected chi connectivity index (χ0v) is 18.7. The molecule has 148 valence electrons. The maximum Gasteiger partial charge on any atom is 0.307 e. The van der Waals surface area contributed by atoms with E-state index in [1.165, 1.54) is 11.3 Å². The smallest absolute Gasteiger partial charge is 0.307 e. The molecule has 0 saturated heterocycles. The van der Waals surface area contributed by atoms with Crippen molar-refractivity contribution in [3.63, 3.8) is 0 Å². The van der Waals surface area contributed by atoms with Gasteiger partial charge in [-0.25, -0.2) is 0 Å². The molecule has 4 aromatic rings. The van der Waals surface area contributed by atoms with Gasteiger partial charge in [-0.1, -0.05) is 59.1 Å². The number of aromatic hydroxyl groups is 1. The molecule has 0 fully saturated rings. The van der Waals surface area contributed by atoms with Crippen LogP contribution < -0.4 is 0 Å². The van der Waals surface area contributed by atoms with Gasteiger partial charge in [0.25, 0.3) is 0 Å². The second-order valence-corrected chi connectivity index (χ2v) is 8.93. The number of aromatic nitrogens is 1. The number of halogens is 2. The molecule has 0 aliphatic rings. The summed E-state index contributed by atoms with van der Waals surface area (Å²) in [5.41, 5.74) is 1.13. The van der Waals surface area contributed by atoms with E-state index in [2.05, 4.69) is 33.1 Å². The minimum absolute atomic E-state index is 0.00513. The Bertz CT molecular complexity index is 1260. The van der Waals surface area contributed by atoms with E-state index in [0.29, 0.717) is 16.4 Å². The molecule has 0 aliphatic heterocycles. The summed E-state index contributed by atoms with van der Waals surface area (Å²) in [4.78, 5) is 13.0. The minimum atomic E-state index is -0.528. The largest absolute Gasteiger partial charge is 0.493 e. The van der Waals surface area contributed by atoms with Gasteiger partial charge in [-0.15, -0.1) is 21.6 Å². The average Bonchev–Trinajstić information content (AvgIpc) is 3.19. The lowest BCUT2D eigenvalue weighted by Crippen LogP contribution is -1.96. The highest BCUT2D eigenvalue weighted by molar-refractivity contribution is 9.10. The van der Waals surface area contributed by atoms with Crippen molar-refractivity contribution in [3.05, 3.63) is 56.8 Å². The summed E-state index contributed by atoms with van der Waals surface area (Å²) in [7, 11) is 0. The maximum atomic E-state index is 12.7. The Morgan fingerprint density at radius 3 is 2.79 bits per heavy atom.